The van der Waals surface area contributed by atoms with Crippen molar-refractivity contribution >= 4 is 34.7 Å². The number of benzene rings is 2. The molecule has 4 aromatic rings. The van der Waals surface area contributed by atoms with Crippen LogP contribution in [0.4, 0.5) is 14.5 Å². The van der Waals surface area contributed by atoms with Crippen LogP contribution < -0.4 is 5.32 Å². The predicted molar refractivity (Wildman–Crippen MR) is 152 cm³/mol. The minimum atomic E-state index is -0.657. The fourth-order valence-corrected chi connectivity index (χ4v) is 5.76. The molecule has 0 radical (unpaired) electrons. The van der Waals surface area contributed by atoms with E-state index in [1.165, 1.54) is 35.3 Å². The third-order valence-corrected chi connectivity index (χ3v) is 8.10. The first-order chi connectivity index (χ1) is 20.3. The Morgan fingerprint density at radius 1 is 1.07 bits per heavy atom. The number of hydrogen-bond acceptors (Lipinski definition) is 6. The first-order valence-corrected chi connectivity index (χ1v) is 14.0. The third-order valence-electron chi connectivity index (χ3n) is 7.80. The number of nitrogens with one attached hydrogen (secondary N) is 1. The normalized spacial score (nSPS) is 19.3. The lowest BCUT2D eigenvalue weighted by Crippen LogP contribution is -2.38. The SMILES string of the molecule is CC1CCCC(N2CCC(c3c(-n4cnnn4)ccc(Cl)c3F)=CC2=O)c2cc(ccn2)-c2cc(F)ccc2NC1=O. The number of fused-ring (bicyclic) bond motifs is 4. The Kier molecular flexibility index (Phi) is 7.51. The quantitative estimate of drug-likeness (QED) is 0.325. The molecule has 2 aliphatic heterocycles. The fourth-order valence-electron chi connectivity index (χ4n) is 5.60. The lowest BCUT2D eigenvalue weighted by atomic mass is 9.92. The second-order valence-electron chi connectivity index (χ2n) is 10.5. The van der Waals surface area contributed by atoms with Crippen LogP contribution in [0, 0.1) is 17.6 Å². The van der Waals surface area contributed by atoms with E-state index >= 15 is 4.39 Å². The van der Waals surface area contributed by atoms with Crippen LogP contribution in [-0.4, -0.2) is 48.5 Å². The first-order valence-electron chi connectivity index (χ1n) is 13.6. The molecule has 0 saturated heterocycles. The fraction of sp³-hybridized carbons (Fsp3) is 0.267. The van der Waals surface area contributed by atoms with Crippen molar-refractivity contribution in [3.8, 4) is 16.8 Å². The molecule has 9 nitrogen and oxygen atoms in total. The van der Waals surface area contributed by atoms with Crippen molar-refractivity contribution in [1.29, 1.82) is 0 Å². The molecular weight excluding hydrogens is 564 g/mol. The zero-order chi connectivity index (χ0) is 29.4. The summed E-state index contributed by atoms with van der Waals surface area (Å²) in [6.07, 6.45) is 6.55. The second kappa shape index (κ2) is 11.4. The molecule has 1 N–H and O–H groups in total. The Balaban J connectivity index is 1.39. The summed E-state index contributed by atoms with van der Waals surface area (Å²) in [4.78, 5) is 33.0. The molecule has 0 fully saturated rings. The van der Waals surface area contributed by atoms with Gasteiger partial charge in [0, 0.05) is 41.5 Å². The number of anilines is 1. The summed E-state index contributed by atoms with van der Waals surface area (Å²) in [6, 6.07) is 10.4. The largest absolute Gasteiger partial charge is 0.330 e. The van der Waals surface area contributed by atoms with Gasteiger partial charge in [-0.3, -0.25) is 14.6 Å². The molecule has 2 atom stereocenters. The van der Waals surface area contributed by atoms with Crippen molar-refractivity contribution in [2.45, 2.75) is 38.6 Å². The zero-order valence-corrected chi connectivity index (χ0v) is 23.4. The van der Waals surface area contributed by atoms with E-state index in [9.17, 15) is 14.0 Å². The molecule has 2 bridgehead atoms. The van der Waals surface area contributed by atoms with Gasteiger partial charge in [-0.15, -0.1) is 5.10 Å². The van der Waals surface area contributed by atoms with E-state index in [2.05, 4.69) is 25.8 Å². The molecule has 2 aromatic heterocycles. The number of rotatable bonds is 3. The number of nitrogens with zero attached hydrogens (tertiary/aromatic N) is 6. The number of amides is 2. The van der Waals surface area contributed by atoms with Crippen molar-refractivity contribution in [3.63, 3.8) is 0 Å². The van der Waals surface area contributed by atoms with Crippen LogP contribution in [0.15, 0.2) is 61.1 Å². The van der Waals surface area contributed by atoms with Crippen molar-refractivity contribution < 1.29 is 18.4 Å². The van der Waals surface area contributed by atoms with Gasteiger partial charge < -0.3 is 10.2 Å². The minimum absolute atomic E-state index is 0.0761. The zero-order valence-electron chi connectivity index (χ0n) is 22.6. The van der Waals surface area contributed by atoms with Crippen LogP contribution in [-0.2, 0) is 9.59 Å². The van der Waals surface area contributed by atoms with Gasteiger partial charge in [-0.1, -0.05) is 24.9 Å². The predicted octanol–water partition coefficient (Wildman–Crippen LogP) is 5.77. The number of tetrazole rings is 1. The van der Waals surface area contributed by atoms with Crippen LogP contribution in [0.1, 0.15) is 49.9 Å². The molecule has 6 rings (SSSR count). The monoisotopic (exact) mass is 589 g/mol. The molecule has 12 heteroatoms. The molecule has 0 spiro atoms. The Labute approximate surface area is 245 Å². The second-order valence-corrected chi connectivity index (χ2v) is 10.9. The van der Waals surface area contributed by atoms with Crippen LogP contribution in [0.3, 0.4) is 0 Å². The summed E-state index contributed by atoms with van der Waals surface area (Å²) in [5, 5.41) is 14.0. The van der Waals surface area contributed by atoms with E-state index in [4.69, 9.17) is 11.6 Å². The molecule has 42 heavy (non-hydrogen) atoms. The van der Waals surface area contributed by atoms with Gasteiger partial charge in [0.2, 0.25) is 11.8 Å². The number of aromatic nitrogens is 5. The molecule has 2 aromatic carbocycles. The summed E-state index contributed by atoms with van der Waals surface area (Å²) < 4.78 is 31.0. The number of carbonyl (C=O) groups is 2. The molecule has 0 saturated carbocycles. The van der Waals surface area contributed by atoms with E-state index in [1.54, 1.807) is 29.3 Å². The lowest BCUT2D eigenvalue weighted by Gasteiger charge is -2.35. The van der Waals surface area contributed by atoms with E-state index in [0.29, 0.717) is 66.0 Å². The summed E-state index contributed by atoms with van der Waals surface area (Å²) in [7, 11) is 0. The van der Waals surface area contributed by atoms with Crippen molar-refractivity contribution in [2.75, 3.05) is 11.9 Å². The van der Waals surface area contributed by atoms with E-state index < -0.39 is 17.7 Å². The van der Waals surface area contributed by atoms with E-state index in [0.717, 1.165) is 0 Å². The van der Waals surface area contributed by atoms with Gasteiger partial charge in [0.15, 0.2) is 5.82 Å². The van der Waals surface area contributed by atoms with E-state index in [1.807, 2.05) is 13.0 Å². The molecule has 2 unspecified atom stereocenters. The lowest BCUT2D eigenvalue weighted by molar-refractivity contribution is -0.129. The van der Waals surface area contributed by atoms with Gasteiger partial charge >= 0.3 is 0 Å². The molecule has 214 valence electrons. The van der Waals surface area contributed by atoms with Crippen LogP contribution in [0.2, 0.25) is 5.02 Å². The Morgan fingerprint density at radius 3 is 2.71 bits per heavy atom. The van der Waals surface area contributed by atoms with Gasteiger partial charge in [-0.05, 0) is 83.3 Å². The summed E-state index contributed by atoms with van der Waals surface area (Å²) >= 11 is 6.13. The van der Waals surface area contributed by atoms with Crippen LogP contribution in [0.25, 0.3) is 22.4 Å². The Hall–Kier alpha value is -4.51. The van der Waals surface area contributed by atoms with Gasteiger partial charge in [-0.2, -0.15) is 4.68 Å². The minimum Gasteiger partial charge on any atom is -0.330 e. The topological polar surface area (TPSA) is 106 Å². The number of pyridine rings is 1. The van der Waals surface area contributed by atoms with Gasteiger partial charge in [0.1, 0.15) is 12.1 Å². The average molecular weight is 590 g/mol. The highest BCUT2D eigenvalue weighted by Gasteiger charge is 2.31. The van der Waals surface area contributed by atoms with Crippen LogP contribution >= 0.6 is 11.6 Å². The highest BCUT2D eigenvalue weighted by molar-refractivity contribution is 6.31. The van der Waals surface area contributed by atoms with E-state index in [-0.39, 0.29) is 28.3 Å². The van der Waals surface area contributed by atoms with Gasteiger partial charge in [-0.25, -0.2) is 8.78 Å². The first kappa shape index (κ1) is 27.6. The Bertz CT molecular complexity index is 1710. The van der Waals surface area contributed by atoms with Crippen molar-refractivity contribution in [3.05, 3.63) is 89.0 Å². The molecular formula is C30H26ClF2N7O2. The smallest absolute Gasteiger partial charge is 0.247 e. The van der Waals surface area contributed by atoms with Crippen molar-refractivity contribution in [2.24, 2.45) is 5.92 Å². The molecule has 2 amide bonds. The average Bonchev–Trinajstić information content (AvgIpc) is 3.52. The van der Waals surface area contributed by atoms with Crippen molar-refractivity contribution in [1.82, 2.24) is 30.1 Å². The maximum Gasteiger partial charge on any atom is 0.247 e. The standard InChI is InChI=1S/C30H26ClF2N7O2/c1-17-3-2-4-25(24-13-18(9-11-34-24)21-15-20(32)5-7-23(21)36-30(17)42)39-12-10-19(14-27(39)41)28-26(40-16-35-37-38-40)8-6-22(31)29(28)33/h5-9,11,13-17,25H,2-4,10,12H2,1H3,(H,36,42). The summed E-state index contributed by atoms with van der Waals surface area (Å²) in [6.45, 7) is 2.14. The highest BCUT2D eigenvalue weighted by atomic mass is 35.5. The maximum atomic E-state index is 15.4. The Morgan fingerprint density at radius 2 is 1.93 bits per heavy atom. The van der Waals surface area contributed by atoms with Gasteiger partial charge in [0.05, 0.1) is 22.4 Å². The number of hydrogen-bond donors (Lipinski definition) is 1. The highest BCUT2D eigenvalue weighted by Crippen LogP contribution is 2.38. The molecule has 4 heterocycles. The van der Waals surface area contributed by atoms with Gasteiger partial charge in [0.25, 0.3) is 0 Å². The van der Waals surface area contributed by atoms with Crippen LogP contribution in [0.5, 0.6) is 0 Å². The summed E-state index contributed by atoms with van der Waals surface area (Å²) in [5.41, 5.74) is 3.36. The maximum absolute atomic E-state index is 15.4. The number of carbonyl (C=O) groups excluding carboxylic acids is 2. The molecule has 2 aliphatic rings. The molecule has 0 aliphatic carbocycles. The summed E-state index contributed by atoms with van der Waals surface area (Å²) in [5.74, 6) is -1.85. The number of halogens is 3. The third kappa shape index (κ3) is 5.27.